The molecule has 7 nitrogen and oxygen atoms in total. The monoisotopic (exact) mass is 354 g/mol. The molecule has 0 spiro atoms. The Morgan fingerprint density at radius 2 is 1.92 bits per heavy atom. The third-order valence-corrected chi connectivity index (χ3v) is 5.83. The standard InChI is InChI=1S/C19H22N4O3/c20-17(26)12-4-6-13(7-5-12)18-21-19(23(22-18)10-16(24)25)15-9-8-11-2-1-3-14(11)15/h4-7,11,14-15H,1-3,8-10H2,(H2,20,26)(H,24,25)/t11-,14-,15-/m0/s1. The molecule has 3 N–H and O–H groups in total. The molecule has 0 aliphatic heterocycles. The second-order valence-corrected chi connectivity index (χ2v) is 7.33. The number of amides is 1. The molecule has 2 aromatic rings. The van der Waals surface area contributed by atoms with Gasteiger partial charge in [0.2, 0.25) is 5.91 Å². The fraction of sp³-hybridized carbons (Fsp3) is 0.474. The first-order valence-electron chi connectivity index (χ1n) is 9.09. The molecule has 0 radical (unpaired) electrons. The van der Waals surface area contributed by atoms with Crippen LogP contribution >= 0.6 is 0 Å². The minimum absolute atomic E-state index is 0.185. The summed E-state index contributed by atoms with van der Waals surface area (Å²) in [5.41, 5.74) is 6.45. The number of nitrogens with zero attached hydrogens (tertiary/aromatic N) is 3. The van der Waals surface area contributed by atoms with Crippen molar-refractivity contribution in [2.45, 2.75) is 44.6 Å². The summed E-state index contributed by atoms with van der Waals surface area (Å²) < 4.78 is 1.55. The predicted octanol–water partition coefficient (Wildman–Crippen LogP) is 2.42. The molecule has 1 heterocycles. The van der Waals surface area contributed by atoms with Crippen LogP contribution in [0.2, 0.25) is 0 Å². The van der Waals surface area contributed by atoms with Crippen molar-refractivity contribution in [3.8, 4) is 11.4 Å². The molecule has 0 bridgehead atoms. The smallest absolute Gasteiger partial charge is 0.325 e. The zero-order valence-electron chi connectivity index (χ0n) is 14.5. The number of carbonyl (C=O) groups is 2. The number of benzene rings is 1. The van der Waals surface area contributed by atoms with Crippen LogP contribution in [0, 0.1) is 11.8 Å². The van der Waals surface area contributed by atoms with E-state index in [1.54, 1.807) is 28.9 Å². The van der Waals surface area contributed by atoms with Gasteiger partial charge in [0.25, 0.3) is 0 Å². The first-order chi connectivity index (χ1) is 12.5. The third kappa shape index (κ3) is 2.98. The SMILES string of the molecule is NC(=O)c1ccc(-c2nc([C@H]3CC[C@@H]4CCC[C@@H]43)n(CC(=O)O)n2)cc1. The van der Waals surface area contributed by atoms with Crippen molar-refractivity contribution in [1.82, 2.24) is 14.8 Å². The van der Waals surface area contributed by atoms with E-state index in [9.17, 15) is 14.7 Å². The number of aromatic nitrogens is 3. The lowest BCUT2D eigenvalue weighted by Gasteiger charge is -2.17. The summed E-state index contributed by atoms with van der Waals surface area (Å²) in [5, 5.41) is 13.7. The number of nitrogens with two attached hydrogens (primary N) is 1. The second kappa shape index (κ2) is 6.55. The lowest BCUT2D eigenvalue weighted by Crippen LogP contribution is -2.18. The van der Waals surface area contributed by atoms with E-state index in [2.05, 4.69) is 5.10 Å². The number of hydrogen-bond donors (Lipinski definition) is 2. The Bertz CT molecular complexity index is 843. The largest absolute Gasteiger partial charge is 0.480 e. The summed E-state index contributed by atoms with van der Waals surface area (Å²) in [5.74, 6) is 1.50. The highest BCUT2D eigenvalue weighted by molar-refractivity contribution is 5.93. The van der Waals surface area contributed by atoms with Crippen molar-refractivity contribution in [1.29, 1.82) is 0 Å². The maximum atomic E-state index is 11.3. The molecule has 7 heteroatoms. The molecule has 2 aliphatic carbocycles. The summed E-state index contributed by atoms with van der Waals surface area (Å²) in [4.78, 5) is 27.2. The van der Waals surface area contributed by atoms with E-state index >= 15 is 0 Å². The summed E-state index contributed by atoms with van der Waals surface area (Å²) in [6, 6.07) is 6.77. The average Bonchev–Trinajstić information content (AvgIpc) is 3.30. The summed E-state index contributed by atoms with van der Waals surface area (Å²) in [6.07, 6.45) is 5.96. The van der Waals surface area contributed by atoms with Crippen LogP contribution in [-0.2, 0) is 11.3 Å². The molecule has 2 aliphatic rings. The lowest BCUT2D eigenvalue weighted by atomic mass is 9.91. The van der Waals surface area contributed by atoms with Crippen molar-refractivity contribution in [2.75, 3.05) is 0 Å². The fourth-order valence-corrected chi connectivity index (χ4v) is 4.66. The molecule has 2 saturated carbocycles. The predicted molar refractivity (Wildman–Crippen MR) is 94.4 cm³/mol. The van der Waals surface area contributed by atoms with Crippen LogP contribution in [0.1, 0.15) is 54.2 Å². The van der Waals surface area contributed by atoms with Crippen LogP contribution in [0.4, 0.5) is 0 Å². The number of carboxylic acid groups (broad SMARTS) is 1. The van der Waals surface area contributed by atoms with Gasteiger partial charge in [-0.25, -0.2) is 9.67 Å². The van der Waals surface area contributed by atoms with Gasteiger partial charge in [0, 0.05) is 17.0 Å². The number of fused-ring (bicyclic) bond motifs is 1. The van der Waals surface area contributed by atoms with Gasteiger partial charge in [0.15, 0.2) is 5.82 Å². The van der Waals surface area contributed by atoms with Gasteiger partial charge in [-0.3, -0.25) is 9.59 Å². The molecule has 4 rings (SSSR count). The van der Waals surface area contributed by atoms with Gasteiger partial charge >= 0.3 is 5.97 Å². The number of primary amides is 1. The highest BCUT2D eigenvalue weighted by Crippen LogP contribution is 2.51. The molecular weight excluding hydrogens is 332 g/mol. The van der Waals surface area contributed by atoms with Crippen molar-refractivity contribution < 1.29 is 14.7 Å². The van der Waals surface area contributed by atoms with Crippen LogP contribution in [0.5, 0.6) is 0 Å². The van der Waals surface area contributed by atoms with E-state index in [0.717, 1.165) is 23.7 Å². The van der Waals surface area contributed by atoms with Crippen LogP contribution in [0.25, 0.3) is 11.4 Å². The van der Waals surface area contributed by atoms with Gasteiger partial charge in [-0.15, -0.1) is 0 Å². The van der Waals surface area contributed by atoms with Crippen molar-refractivity contribution in [2.24, 2.45) is 17.6 Å². The van der Waals surface area contributed by atoms with Crippen molar-refractivity contribution in [3.63, 3.8) is 0 Å². The summed E-state index contributed by atoms with van der Waals surface area (Å²) in [7, 11) is 0. The fourth-order valence-electron chi connectivity index (χ4n) is 4.66. The minimum Gasteiger partial charge on any atom is -0.480 e. The van der Waals surface area contributed by atoms with Gasteiger partial charge < -0.3 is 10.8 Å². The minimum atomic E-state index is -0.923. The molecular formula is C19H22N4O3. The highest BCUT2D eigenvalue weighted by Gasteiger charge is 2.42. The van der Waals surface area contributed by atoms with Gasteiger partial charge in [-0.05, 0) is 43.2 Å². The first-order valence-corrected chi connectivity index (χ1v) is 9.09. The van der Waals surface area contributed by atoms with E-state index < -0.39 is 11.9 Å². The molecule has 0 unspecified atom stereocenters. The zero-order chi connectivity index (χ0) is 18.3. The lowest BCUT2D eigenvalue weighted by molar-refractivity contribution is -0.138. The van der Waals surface area contributed by atoms with Crippen LogP contribution in [-0.4, -0.2) is 31.7 Å². The van der Waals surface area contributed by atoms with Crippen LogP contribution in [0.15, 0.2) is 24.3 Å². The summed E-state index contributed by atoms with van der Waals surface area (Å²) >= 11 is 0. The third-order valence-electron chi connectivity index (χ3n) is 5.83. The molecule has 136 valence electrons. The Kier molecular flexibility index (Phi) is 4.22. The molecule has 2 fully saturated rings. The Hall–Kier alpha value is -2.70. The first kappa shape index (κ1) is 16.8. The van der Waals surface area contributed by atoms with E-state index in [-0.39, 0.29) is 12.5 Å². The molecule has 0 saturated heterocycles. The van der Waals surface area contributed by atoms with E-state index in [1.165, 1.54) is 25.7 Å². The zero-order valence-corrected chi connectivity index (χ0v) is 14.5. The highest BCUT2D eigenvalue weighted by atomic mass is 16.4. The second-order valence-electron chi connectivity index (χ2n) is 7.33. The van der Waals surface area contributed by atoms with Crippen molar-refractivity contribution in [3.05, 3.63) is 35.7 Å². The number of carboxylic acids is 1. The van der Waals surface area contributed by atoms with Gasteiger partial charge in [0.05, 0.1) is 0 Å². The van der Waals surface area contributed by atoms with Gasteiger partial charge in [-0.2, -0.15) is 5.10 Å². The maximum absolute atomic E-state index is 11.3. The quantitative estimate of drug-likeness (QED) is 0.856. The molecule has 26 heavy (non-hydrogen) atoms. The molecule has 3 atom stereocenters. The maximum Gasteiger partial charge on any atom is 0.325 e. The van der Waals surface area contributed by atoms with Gasteiger partial charge in [-0.1, -0.05) is 25.0 Å². The Morgan fingerprint density at radius 3 is 2.62 bits per heavy atom. The molecule has 1 aromatic heterocycles. The topological polar surface area (TPSA) is 111 Å². The number of carbonyl (C=O) groups excluding carboxylic acids is 1. The summed E-state index contributed by atoms with van der Waals surface area (Å²) in [6.45, 7) is -0.185. The molecule has 1 amide bonds. The van der Waals surface area contributed by atoms with Crippen LogP contribution in [0.3, 0.4) is 0 Å². The number of aliphatic carboxylic acids is 1. The van der Waals surface area contributed by atoms with E-state index in [4.69, 9.17) is 10.7 Å². The van der Waals surface area contributed by atoms with Gasteiger partial charge in [0.1, 0.15) is 12.4 Å². The Morgan fingerprint density at radius 1 is 1.15 bits per heavy atom. The Labute approximate surface area is 151 Å². The normalized spacial score (nSPS) is 24.5. The Balaban J connectivity index is 1.69. The average molecular weight is 354 g/mol. The number of hydrogen-bond acceptors (Lipinski definition) is 4. The molecule has 1 aromatic carbocycles. The van der Waals surface area contributed by atoms with Crippen molar-refractivity contribution >= 4 is 11.9 Å². The van der Waals surface area contributed by atoms with Crippen LogP contribution < -0.4 is 5.73 Å². The van der Waals surface area contributed by atoms with E-state index in [0.29, 0.717) is 17.3 Å². The van der Waals surface area contributed by atoms with E-state index in [1.807, 2.05) is 0 Å². The number of rotatable bonds is 5.